The maximum absolute atomic E-state index is 6.24. The van der Waals surface area contributed by atoms with E-state index in [1.165, 1.54) is 19.3 Å². The van der Waals surface area contributed by atoms with Crippen molar-refractivity contribution in [3.8, 4) is 0 Å². The zero-order valence-corrected chi connectivity index (χ0v) is 10.5. The molecule has 2 N–H and O–H groups in total. The van der Waals surface area contributed by atoms with Crippen LogP contribution in [0.1, 0.15) is 46.0 Å². The van der Waals surface area contributed by atoms with Crippen molar-refractivity contribution >= 4 is 0 Å². The third kappa shape index (κ3) is 4.12. The normalized spacial score (nSPS) is 34.0. The number of hydrogen-bond donors (Lipinski definition) is 1. The van der Waals surface area contributed by atoms with Gasteiger partial charge in [-0.1, -0.05) is 20.3 Å². The Labute approximate surface area is 94.6 Å². The average molecular weight is 213 g/mol. The molecule has 90 valence electrons. The van der Waals surface area contributed by atoms with E-state index in [9.17, 15) is 0 Å². The highest BCUT2D eigenvalue weighted by molar-refractivity contribution is 4.81. The molecule has 1 rings (SSSR count). The Morgan fingerprint density at radius 3 is 2.60 bits per heavy atom. The Kier molecular flexibility index (Phi) is 5.62. The van der Waals surface area contributed by atoms with Crippen molar-refractivity contribution in [2.45, 2.75) is 52.0 Å². The van der Waals surface area contributed by atoms with Gasteiger partial charge in [-0.2, -0.15) is 0 Å². The van der Waals surface area contributed by atoms with Crippen molar-refractivity contribution in [1.29, 1.82) is 0 Å². The van der Waals surface area contributed by atoms with Crippen LogP contribution in [-0.4, -0.2) is 19.8 Å². The molecule has 1 aliphatic rings. The highest BCUT2D eigenvalue weighted by atomic mass is 16.5. The molecule has 2 heteroatoms. The minimum Gasteiger partial charge on any atom is -0.385 e. The van der Waals surface area contributed by atoms with Crippen LogP contribution >= 0.6 is 0 Å². The van der Waals surface area contributed by atoms with Gasteiger partial charge >= 0.3 is 0 Å². The lowest BCUT2D eigenvalue weighted by Crippen LogP contribution is -2.35. The topological polar surface area (TPSA) is 35.2 Å². The van der Waals surface area contributed by atoms with Gasteiger partial charge in [-0.3, -0.25) is 0 Å². The predicted octanol–water partition coefficient (Wildman–Crippen LogP) is 2.81. The Bertz CT molecular complexity index is 172. The number of hydrogen-bond acceptors (Lipinski definition) is 2. The van der Waals surface area contributed by atoms with E-state index in [0.717, 1.165) is 37.2 Å². The van der Waals surface area contributed by atoms with Gasteiger partial charge in [0.25, 0.3) is 0 Å². The molecule has 4 atom stereocenters. The summed E-state index contributed by atoms with van der Waals surface area (Å²) in [5.41, 5.74) is 6.24. The molecule has 0 bridgehead atoms. The van der Waals surface area contributed by atoms with Crippen molar-refractivity contribution in [3.63, 3.8) is 0 Å². The van der Waals surface area contributed by atoms with Gasteiger partial charge in [0.2, 0.25) is 0 Å². The molecule has 0 aromatic carbocycles. The fourth-order valence-corrected chi connectivity index (χ4v) is 2.68. The summed E-state index contributed by atoms with van der Waals surface area (Å²) in [6, 6.07) is 0.398. The second-order valence-corrected chi connectivity index (χ2v) is 5.33. The highest BCUT2D eigenvalue weighted by Crippen LogP contribution is 2.35. The fraction of sp³-hybridized carbons (Fsp3) is 1.00. The van der Waals surface area contributed by atoms with E-state index in [2.05, 4.69) is 13.8 Å². The van der Waals surface area contributed by atoms with Crippen molar-refractivity contribution in [3.05, 3.63) is 0 Å². The first-order chi connectivity index (χ1) is 7.15. The first-order valence-corrected chi connectivity index (χ1v) is 6.39. The molecule has 0 amide bonds. The van der Waals surface area contributed by atoms with Crippen molar-refractivity contribution in [2.24, 2.45) is 23.5 Å². The van der Waals surface area contributed by atoms with E-state index >= 15 is 0 Å². The molecule has 1 saturated carbocycles. The van der Waals surface area contributed by atoms with Gasteiger partial charge in [0.15, 0.2) is 0 Å². The van der Waals surface area contributed by atoms with E-state index in [1.807, 2.05) is 0 Å². The molecule has 1 fully saturated rings. The SMILES string of the molecule is COCCCC(N)C1CCC(C)C(C)C1. The van der Waals surface area contributed by atoms with E-state index in [0.29, 0.717) is 6.04 Å². The minimum atomic E-state index is 0.398. The van der Waals surface area contributed by atoms with Crippen molar-refractivity contribution in [2.75, 3.05) is 13.7 Å². The molecule has 0 heterocycles. The third-order valence-corrected chi connectivity index (χ3v) is 4.13. The smallest absolute Gasteiger partial charge is 0.0462 e. The molecule has 0 aromatic heterocycles. The van der Waals surface area contributed by atoms with Crippen LogP contribution in [0, 0.1) is 17.8 Å². The summed E-state index contributed by atoms with van der Waals surface area (Å²) in [5.74, 6) is 2.51. The largest absolute Gasteiger partial charge is 0.385 e. The zero-order chi connectivity index (χ0) is 11.3. The van der Waals surface area contributed by atoms with Gasteiger partial charge in [0.05, 0.1) is 0 Å². The first kappa shape index (κ1) is 13.0. The number of ether oxygens (including phenoxy) is 1. The molecular weight excluding hydrogens is 186 g/mol. The highest BCUT2D eigenvalue weighted by Gasteiger charge is 2.27. The van der Waals surface area contributed by atoms with Gasteiger partial charge in [0, 0.05) is 19.8 Å². The number of methoxy groups -OCH3 is 1. The van der Waals surface area contributed by atoms with Crippen LogP contribution in [-0.2, 0) is 4.74 Å². The average Bonchev–Trinajstić information content (AvgIpc) is 2.22. The Morgan fingerprint density at radius 2 is 2.00 bits per heavy atom. The molecule has 0 aliphatic heterocycles. The predicted molar refractivity (Wildman–Crippen MR) is 64.8 cm³/mol. The third-order valence-electron chi connectivity index (χ3n) is 4.13. The number of nitrogens with two attached hydrogens (primary N) is 1. The van der Waals surface area contributed by atoms with Gasteiger partial charge in [-0.25, -0.2) is 0 Å². The van der Waals surface area contributed by atoms with Crippen LogP contribution in [0.25, 0.3) is 0 Å². The summed E-state index contributed by atoms with van der Waals surface area (Å²) in [7, 11) is 1.76. The maximum Gasteiger partial charge on any atom is 0.0462 e. The van der Waals surface area contributed by atoms with E-state index < -0.39 is 0 Å². The first-order valence-electron chi connectivity index (χ1n) is 6.39. The van der Waals surface area contributed by atoms with Gasteiger partial charge in [-0.15, -0.1) is 0 Å². The zero-order valence-electron chi connectivity index (χ0n) is 10.5. The van der Waals surface area contributed by atoms with Crippen LogP contribution < -0.4 is 5.73 Å². The Hall–Kier alpha value is -0.0800. The minimum absolute atomic E-state index is 0.398. The molecule has 0 radical (unpaired) electrons. The van der Waals surface area contributed by atoms with Crippen LogP contribution in [0.5, 0.6) is 0 Å². The van der Waals surface area contributed by atoms with Gasteiger partial charge in [-0.05, 0) is 43.4 Å². The molecule has 0 aromatic rings. The van der Waals surface area contributed by atoms with E-state index in [1.54, 1.807) is 7.11 Å². The lowest BCUT2D eigenvalue weighted by atomic mass is 9.73. The second-order valence-electron chi connectivity index (χ2n) is 5.33. The van der Waals surface area contributed by atoms with E-state index in [-0.39, 0.29) is 0 Å². The summed E-state index contributed by atoms with van der Waals surface area (Å²) in [4.78, 5) is 0. The summed E-state index contributed by atoms with van der Waals surface area (Å²) in [6.07, 6.45) is 6.26. The summed E-state index contributed by atoms with van der Waals surface area (Å²) < 4.78 is 5.06. The molecule has 1 aliphatic carbocycles. The van der Waals surface area contributed by atoms with Crippen LogP contribution in [0.4, 0.5) is 0 Å². The molecular formula is C13H27NO. The summed E-state index contributed by atoms with van der Waals surface area (Å²) in [5, 5.41) is 0. The molecule has 0 saturated heterocycles. The lowest BCUT2D eigenvalue weighted by Gasteiger charge is -2.35. The van der Waals surface area contributed by atoms with Crippen LogP contribution in [0.15, 0.2) is 0 Å². The molecule has 15 heavy (non-hydrogen) atoms. The number of rotatable bonds is 5. The summed E-state index contributed by atoms with van der Waals surface area (Å²) >= 11 is 0. The standard InChI is InChI=1S/C13H27NO/c1-10-6-7-12(9-11(10)2)13(14)5-4-8-15-3/h10-13H,4-9,14H2,1-3H3. The second kappa shape index (κ2) is 6.49. The lowest BCUT2D eigenvalue weighted by molar-refractivity contribution is 0.162. The van der Waals surface area contributed by atoms with Gasteiger partial charge < -0.3 is 10.5 Å². The monoisotopic (exact) mass is 213 g/mol. The maximum atomic E-state index is 6.24. The van der Waals surface area contributed by atoms with E-state index in [4.69, 9.17) is 10.5 Å². The molecule has 4 unspecified atom stereocenters. The van der Waals surface area contributed by atoms with Crippen LogP contribution in [0.3, 0.4) is 0 Å². The van der Waals surface area contributed by atoms with Gasteiger partial charge in [0.1, 0.15) is 0 Å². The Morgan fingerprint density at radius 1 is 1.27 bits per heavy atom. The van der Waals surface area contributed by atoms with Crippen molar-refractivity contribution < 1.29 is 4.74 Å². The summed E-state index contributed by atoms with van der Waals surface area (Å²) in [6.45, 7) is 5.60. The fourth-order valence-electron chi connectivity index (χ4n) is 2.68. The van der Waals surface area contributed by atoms with Crippen molar-refractivity contribution in [1.82, 2.24) is 0 Å². The van der Waals surface area contributed by atoms with Crippen LogP contribution in [0.2, 0.25) is 0 Å². The Balaban J connectivity index is 2.24. The molecule has 2 nitrogen and oxygen atoms in total. The quantitative estimate of drug-likeness (QED) is 0.713. The molecule has 0 spiro atoms.